The van der Waals surface area contributed by atoms with E-state index in [9.17, 15) is 4.79 Å². The molecule has 0 fully saturated rings. The monoisotopic (exact) mass is 252 g/mol. The summed E-state index contributed by atoms with van der Waals surface area (Å²) in [7, 11) is 1.70. The van der Waals surface area contributed by atoms with Crippen molar-refractivity contribution < 1.29 is 9.53 Å². The molecule has 1 rings (SSSR count). The second kappa shape index (κ2) is 7.51. The Labute approximate surface area is 108 Å². The number of carbonyl (C=O) groups is 1. The Kier molecular flexibility index (Phi) is 6.30. The van der Waals surface area contributed by atoms with Crippen LogP contribution in [0.5, 0.6) is 0 Å². The zero-order valence-corrected chi connectivity index (χ0v) is 11.6. The van der Waals surface area contributed by atoms with Crippen LogP contribution in [0.2, 0.25) is 0 Å². The van der Waals surface area contributed by atoms with E-state index in [1.165, 1.54) is 5.56 Å². The molecule has 1 aromatic carbocycles. The molecule has 3 heteroatoms. The lowest BCUT2D eigenvalue weighted by Gasteiger charge is -2.06. The van der Waals surface area contributed by atoms with E-state index >= 15 is 0 Å². The van der Waals surface area contributed by atoms with Crippen LogP contribution in [0.15, 0.2) is 18.2 Å². The Hall–Kier alpha value is -0.800. The molecule has 0 saturated carbocycles. The smallest absolute Gasteiger partial charge is 0.172 e. The van der Waals surface area contributed by atoms with Crippen molar-refractivity contribution in [1.29, 1.82) is 0 Å². The van der Waals surface area contributed by atoms with Crippen LogP contribution in [0, 0.1) is 13.8 Å². The van der Waals surface area contributed by atoms with E-state index in [0.717, 1.165) is 29.9 Å². The number of aryl methyl sites for hydroxylation is 2. The van der Waals surface area contributed by atoms with Gasteiger partial charge in [-0.05, 0) is 31.6 Å². The Bertz CT molecular complexity index is 374. The molecule has 0 aromatic heterocycles. The molecule has 0 saturated heterocycles. The second-order valence-electron chi connectivity index (χ2n) is 4.14. The van der Waals surface area contributed by atoms with Gasteiger partial charge in [0.15, 0.2) is 5.78 Å². The normalized spacial score (nSPS) is 10.5. The van der Waals surface area contributed by atoms with E-state index in [1.807, 2.05) is 26.0 Å². The fourth-order valence-corrected chi connectivity index (χ4v) is 2.48. The third kappa shape index (κ3) is 4.92. The van der Waals surface area contributed by atoms with Gasteiger partial charge in [0.2, 0.25) is 0 Å². The topological polar surface area (TPSA) is 26.3 Å². The molecular formula is C14H20O2S. The Balaban J connectivity index is 2.42. The third-order valence-electron chi connectivity index (χ3n) is 2.55. The van der Waals surface area contributed by atoms with Gasteiger partial charge in [-0.15, -0.1) is 0 Å². The molecule has 0 aliphatic rings. The number of ether oxygens (including phenoxy) is 1. The number of benzene rings is 1. The van der Waals surface area contributed by atoms with Crippen LogP contribution in [-0.4, -0.2) is 31.0 Å². The molecule has 0 unspecified atom stereocenters. The molecule has 0 spiro atoms. The van der Waals surface area contributed by atoms with Crippen LogP contribution in [-0.2, 0) is 4.74 Å². The summed E-state index contributed by atoms with van der Waals surface area (Å²) in [5.74, 6) is 1.77. The predicted molar refractivity (Wildman–Crippen MR) is 74.1 cm³/mol. The van der Waals surface area contributed by atoms with Crippen molar-refractivity contribution in [2.45, 2.75) is 20.3 Å². The maximum absolute atomic E-state index is 12.0. The quantitative estimate of drug-likeness (QED) is 0.550. The standard InChI is InChI=1S/C14H20O2S/c1-11-5-6-13(12(2)9-11)14(15)10-17-8-4-7-16-3/h5-6,9H,4,7-8,10H2,1-3H3. The molecule has 0 radical (unpaired) electrons. The maximum atomic E-state index is 12.0. The number of Topliss-reactive ketones (excluding diaryl/α,β-unsaturated/α-hetero) is 1. The molecular weight excluding hydrogens is 232 g/mol. The summed E-state index contributed by atoms with van der Waals surface area (Å²) in [6.45, 7) is 4.81. The molecule has 94 valence electrons. The summed E-state index contributed by atoms with van der Waals surface area (Å²) in [5, 5.41) is 0. The highest BCUT2D eigenvalue weighted by atomic mass is 32.2. The minimum atomic E-state index is 0.227. The SMILES string of the molecule is COCCCSCC(=O)c1ccc(C)cc1C. The number of thioether (sulfide) groups is 1. The zero-order valence-electron chi connectivity index (χ0n) is 10.8. The van der Waals surface area contributed by atoms with Gasteiger partial charge in [-0.1, -0.05) is 23.8 Å². The Morgan fingerprint density at radius 1 is 1.35 bits per heavy atom. The van der Waals surface area contributed by atoms with Crippen LogP contribution in [0.1, 0.15) is 27.9 Å². The molecule has 1 aromatic rings. The van der Waals surface area contributed by atoms with Gasteiger partial charge in [0.05, 0.1) is 5.75 Å². The number of rotatable bonds is 7. The first kappa shape index (κ1) is 14.3. The highest BCUT2D eigenvalue weighted by Gasteiger charge is 2.08. The van der Waals surface area contributed by atoms with E-state index in [1.54, 1.807) is 18.9 Å². The lowest BCUT2D eigenvalue weighted by Crippen LogP contribution is -2.06. The predicted octanol–water partition coefficient (Wildman–Crippen LogP) is 3.26. The number of methoxy groups -OCH3 is 1. The highest BCUT2D eigenvalue weighted by Crippen LogP contribution is 2.14. The van der Waals surface area contributed by atoms with Gasteiger partial charge in [-0.2, -0.15) is 11.8 Å². The van der Waals surface area contributed by atoms with Crippen molar-refractivity contribution >= 4 is 17.5 Å². The summed E-state index contributed by atoms with van der Waals surface area (Å²) >= 11 is 1.68. The summed E-state index contributed by atoms with van der Waals surface area (Å²) < 4.78 is 4.97. The fourth-order valence-electron chi connectivity index (χ4n) is 1.67. The summed E-state index contributed by atoms with van der Waals surface area (Å²) in [6.07, 6.45) is 1.00. The van der Waals surface area contributed by atoms with Gasteiger partial charge in [-0.3, -0.25) is 4.79 Å². The molecule has 2 nitrogen and oxygen atoms in total. The number of ketones is 1. The van der Waals surface area contributed by atoms with Crippen molar-refractivity contribution in [3.05, 3.63) is 34.9 Å². The van der Waals surface area contributed by atoms with Crippen molar-refractivity contribution in [2.75, 3.05) is 25.2 Å². The summed E-state index contributed by atoms with van der Waals surface area (Å²) in [6, 6.07) is 5.99. The van der Waals surface area contributed by atoms with Crippen LogP contribution in [0.25, 0.3) is 0 Å². The van der Waals surface area contributed by atoms with E-state index < -0.39 is 0 Å². The molecule has 0 atom stereocenters. The van der Waals surface area contributed by atoms with Crippen LogP contribution in [0.4, 0.5) is 0 Å². The van der Waals surface area contributed by atoms with E-state index in [0.29, 0.717) is 5.75 Å². The molecule has 0 aliphatic carbocycles. The molecule has 0 aliphatic heterocycles. The third-order valence-corrected chi connectivity index (χ3v) is 3.60. The minimum absolute atomic E-state index is 0.227. The summed E-state index contributed by atoms with van der Waals surface area (Å²) in [5.41, 5.74) is 3.13. The maximum Gasteiger partial charge on any atom is 0.172 e. The number of hydrogen-bond acceptors (Lipinski definition) is 3. The molecule has 0 heterocycles. The fraction of sp³-hybridized carbons (Fsp3) is 0.500. The zero-order chi connectivity index (χ0) is 12.7. The van der Waals surface area contributed by atoms with E-state index in [2.05, 4.69) is 6.07 Å². The second-order valence-corrected chi connectivity index (χ2v) is 5.25. The average Bonchev–Trinajstić information content (AvgIpc) is 2.28. The number of hydrogen-bond donors (Lipinski definition) is 0. The van der Waals surface area contributed by atoms with Crippen molar-refractivity contribution in [3.8, 4) is 0 Å². The van der Waals surface area contributed by atoms with Gasteiger partial charge in [0.25, 0.3) is 0 Å². The van der Waals surface area contributed by atoms with Crippen molar-refractivity contribution in [3.63, 3.8) is 0 Å². The van der Waals surface area contributed by atoms with Crippen LogP contribution >= 0.6 is 11.8 Å². The van der Waals surface area contributed by atoms with Crippen LogP contribution in [0.3, 0.4) is 0 Å². The number of carbonyl (C=O) groups excluding carboxylic acids is 1. The first-order valence-corrected chi connectivity index (χ1v) is 6.97. The van der Waals surface area contributed by atoms with Gasteiger partial charge >= 0.3 is 0 Å². The largest absolute Gasteiger partial charge is 0.385 e. The molecule has 0 bridgehead atoms. The molecule has 0 amide bonds. The van der Waals surface area contributed by atoms with Gasteiger partial charge in [-0.25, -0.2) is 0 Å². The van der Waals surface area contributed by atoms with Crippen molar-refractivity contribution in [1.82, 2.24) is 0 Å². The Morgan fingerprint density at radius 2 is 2.12 bits per heavy atom. The summed E-state index contributed by atoms with van der Waals surface area (Å²) in [4.78, 5) is 12.0. The van der Waals surface area contributed by atoms with Gasteiger partial charge in [0, 0.05) is 19.3 Å². The average molecular weight is 252 g/mol. The van der Waals surface area contributed by atoms with E-state index in [4.69, 9.17) is 4.74 Å². The highest BCUT2D eigenvalue weighted by molar-refractivity contribution is 7.99. The van der Waals surface area contributed by atoms with Gasteiger partial charge in [0.1, 0.15) is 0 Å². The first-order valence-electron chi connectivity index (χ1n) is 5.82. The lowest BCUT2D eigenvalue weighted by molar-refractivity contribution is 0.102. The van der Waals surface area contributed by atoms with Crippen molar-refractivity contribution in [2.24, 2.45) is 0 Å². The minimum Gasteiger partial charge on any atom is -0.385 e. The first-order chi connectivity index (χ1) is 8.15. The Morgan fingerprint density at radius 3 is 2.76 bits per heavy atom. The van der Waals surface area contributed by atoms with Crippen LogP contribution < -0.4 is 0 Å². The van der Waals surface area contributed by atoms with Gasteiger partial charge < -0.3 is 4.74 Å². The molecule has 17 heavy (non-hydrogen) atoms. The van der Waals surface area contributed by atoms with E-state index in [-0.39, 0.29) is 5.78 Å². The lowest BCUT2D eigenvalue weighted by atomic mass is 10.0. The molecule has 0 N–H and O–H groups in total.